The Hall–Kier alpha value is -1.86. The van der Waals surface area contributed by atoms with Crippen molar-refractivity contribution in [1.29, 1.82) is 0 Å². The molecule has 7 heteroatoms. The fourth-order valence-electron chi connectivity index (χ4n) is 2.96. The highest BCUT2D eigenvalue weighted by Gasteiger charge is 2.35. The Kier molecular flexibility index (Phi) is 5.44. The van der Waals surface area contributed by atoms with E-state index in [1.807, 2.05) is 54.6 Å². The lowest BCUT2D eigenvalue weighted by Gasteiger charge is -2.28. The van der Waals surface area contributed by atoms with Crippen molar-refractivity contribution >= 4 is 43.0 Å². The second kappa shape index (κ2) is 7.58. The third-order valence-electron chi connectivity index (χ3n) is 4.16. The first-order valence-corrected chi connectivity index (χ1v) is 10.6. The Morgan fingerprint density at radius 1 is 1.12 bits per heavy atom. The zero-order valence-corrected chi connectivity index (χ0v) is 16.0. The number of sulfone groups is 1. The molecule has 1 N–H and O–H groups in total. The molecule has 0 aliphatic carbocycles. The maximum Gasteiger partial charge on any atom is 0.246 e. The summed E-state index contributed by atoms with van der Waals surface area (Å²) in [5.41, 5.74) is 1.57. The molecule has 0 aromatic heterocycles. The van der Waals surface area contributed by atoms with Crippen LogP contribution in [0.3, 0.4) is 0 Å². The molecular formula is C18H19BrN2O3S. The van der Waals surface area contributed by atoms with E-state index in [4.69, 9.17) is 0 Å². The first-order valence-electron chi connectivity index (χ1n) is 8.01. The first-order chi connectivity index (χ1) is 11.9. The molecule has 3 rings (SSSR count). The molecule has 2 aromatic carbocycles. The third-order valence-corrected chi connectivity index (χ3v) is 6.44. The average molecular weight is 423 g/mol. The van der Waals surface area contributed by atoms with Crippen LogP contribution in [0, 0.1) is 0 Å². The topological polar surface area (TPSA) is 66.5 Å². The van der Waals surface area contributed by atoms with E-state index in [0.29, 0.717) is 6.42 Å². The van der Waals surface area contributed by atoms with Crippen molar-refractivity contribution in [3.63, 3.8) is 0 Å². The number of para-hydroxylation sites is 1. The Morgan fingerprint density at radius 2 is 1.80 bits per heavy atom. The van der Waals surface area contributed by atoms with Crippen LogP contribution in [0.2, 0.25) is 0 Å². The van der Waals surface area contributed by atoms with Gasteiger partial charge < -0.3 is 10.2 Å². The molecule has 0 saturated carbocycles. The van der Waals surface area contributed by atoms with Crippen molar-refractivity contribution in [1.82, 2.24) is 0 Å². The van der Waals surface area contributed by atoms with Crippen molar-refractivity contribution in [3.05, 3.63) is 59.1 Å². The summed E-state index contributed by atoms with van der Waals surface area (Å²) >= 11 is 3.37. The van der Waals surface area contributed by atoms with Gasteiger partial charge >= 0.3 is 0 Å². The van der Waals surface area contributed by atoms with E-state index in [1.54, 1.807) is 4.90 Å². The summed E-state index contributed by atoms with van der Waals surface area (Å²) in [6.45, 7) is 0.104. The van der Waals surface area contributed by atoms with Gasteiger partial charge in [0.15, 0.2) is 9.84 Å². The molecule has 1 unspecified atom stereocenters. The highest BCUT2D eigenvalue weighted by molar-refractivity contribution is 9.10. The van der Waals surface area contributed by atoms with Crippen molar-refractivity contribution in [2.45, 2.75) is 12.5 Å². The quantitative estimate of drug-likeness (QED) is 0.803. The van der Waals surface area contributed by atoms with E-state index >= 15 is 0 Å². The van der Waals surface area contributed by atoms with Crippen LogP contribution in [-0.4, -0.2) is 38.4 Å². The molecule has 2 aromatic rings. The van der Waals surface area contributed by atoms with Gasteiger partial charge in [-0.25, -0.2) is 8.42 Å². The first kappa shape index (κ1) is 17.9. The number of carbonyl (C=O) groups excluding carboxylic acids is 1. The largest absolute Gasteiger partial charge is 0.376 e. The van der Waals surface area contributed by atoms with E-state index in [1.165, 1.54) is 0 Å². The maximum absolute atomic E-state index is 12.8. The normalized spacial score (nSPS) is 18.7. The van der Waals surface area contributed by atoms with Crippen LogP contribution in [0.1, 0.15) is 6.42 Å². The van der Waals surface area contributed by atoms with Crippen LogP contribution in [0.5, 0.6) is 0 Å². The lowest BCUT2D eigenvalue weighted by atomic mass is 10.1. The molecule has 1 saturated heterocycles. The summed E-state index contributed by atoms with van der Waals surface area (Å²) in [5.74, 6) is 0.0107. The van der Waals surface area contributed by atoms with Crippen LogP contribution < -0.4 is 10.2 Å². The van der Waals surface area contributed by atoms with Gasteiger partial charge in [-0.05, 0) is 42.8 Å². The standard InChI is InChI=1S/C18H19BrN2O3S/c19-14-6-8-15(9-7-14)20-12-18(22)21(16-4-2-1-3-5-16)17-10-11-25(23,24)13-17/h1-9,17,20H,10-13H2. The SMILES string of the molecule is O=C(CNc1ccc(Br)cc1)N(c1ccccc1)C1CCS(=O)(=O)C1. The van der Waals surface area contributed by atoms with Crippen LogP contribution in [0.25, 0.3) is 0 Å². The van der Waals surface area contributed by atoms with E-state index in [-0.39, 0.29) is 30.0 Å². The highest BCUT2D eigenvalue weighted by atomic mass is 79.9. The number of nitrogens with one attached hydrogen (secondary N) is 1. The highest BCUT2D eigenvalue weighted by Crippen LogP contribution is 2.24. The van der Waals surface area contributed by atoms with Crippen LogP contribution in [-0.2, 0) is 14.6 Å². The lowest BCUT2D eigenvalue weighted by Crippen LogP contribution is -2.44. The molecule has 0 radical (unpaired) electrons. The molecule has 1 fully saturated rings. The second-order valence-electron chi connectivity index (χ2n) is 6.02. The molecule has 25 heavy (non-hydrogen) atoms. The molecule has 1 aliphatic heterocycles. The maximum atomic E-state index is 12.8. The number of carbonyl (C=O) groups is 1. The number of halogens is 1. The van der Waals surface area contributed by atoms with Gasteiger partial charge in [0.05, 0.1) is 24.1 Å². The predicted octanol–water partition coefficient (Wildman–Crippen LogP) is 3.08. The van der Waals surface area contributed by atoms with Gasteiger partial charge in [0.2, 0.25) is 5.91 Å². The Labute approximate surface area is 156 Å². The van der Waals surface area contributed by atoms with Crippen molar-refractivity contribution in [2.24, 2.45) is 0 Å². The van der Waals surface area contributed by atoms with Crippen LogP contribution in [0.15, 0.2) is 59.1 Å². The lowest BCUT2D eigenvalue weighted by molar-refractivity contribution is -0.117. The van der Waals surface area contributed by atoms with Gasteiger partial charge in [-0.1, -0.05) is 34.1 Å². The summed E-state index contributed by atoms with van der Waals surface area (Å²) < 4.78 is 24.7. The van der Waals surface area contributed by atoms with Crippen molar-refractivity contribution < 1.29 is 13.2 Å². The number of hydrogen-bond acceptors (Lipinski definition) is 4. The predicted molar refractivity (Wildman–Crippen MR) is 104 cm³/mol. The molecule has 1 amide bonds. The third kappa shape index (κ3) is 4.61. The monoisotopic (exact) mass is 422 g/mol. The molecule has 1 heterocycles. The molecule has 0 spiro atoms. The number of benzene rings is 2. The van der Waals surface area contributed by atoms with Gasteiger partial charge in [0.25, 0.3) is 0 Å². The van der Waals surface area contributed by atoms with E-state index in [9.17, 15) is 13.2 Å². The number of rotatable bonds is 5. The Morgan fingerprint density at radius 3 is 2.40 bits per heavy atom. The second-order valence-corrected chi connectivity index (χ2v) is 9.16. The zero-order valence-electron chi connectivity index (χ0n) is 13.6. The smallest absolute Gasteiger partial charge is 0.246 e. The van der Waals surface area contributed by atoms with Crippen LogP contribution in [0.4, 0.5) is 11.4 Å². The van der Waals surface area contributed by atoms with Gasteiger partial charge in [-0.2, -0.15) is 0 Å². The van der Waals surface area contributed by atoms with Gasteiger partial charge in [-0.3, -0.25) is 4.79 Å². The van der Waals surface area contributed by atoms with Crippen LogP contribution >= 0.6 is 15.9 Å². The summed E-state index contributed by atoms with van der Waals surface area (Å²) in [6, 6.07) is 16.5. The molecular weight excluding hydrogens is 404 g/mol. The zero-order chi connectivity index (χ0) is 17.9. The molecule has 0 bridgehead atoms. The summed E-state index contributed by atoms with van der Waals surface area (Å²) in [4.78, 5) is 14.5. The summed E-state index contributed by atoms with van der Waals surface area (Å²) in [6.07, 6.45) is 0.473. The Bertz CT molecular complexity index is 838. The molecule has 1 aliphatic rings. The van der Waals surface area contributed by atoms with Gasteiger partial charge in [0, 0.05) is 15.8 Å². The number of amides is 1. The number of anilines is 2. The Balaban J connectivity index is 1.76. The minimum atomic E-state index is -3.07. The molecule has 5 nitrogen and oxygen atoms in total. The average Bonchev–Trinajstić information content (AvgIpc) is 2.95. The fourth-order valence-corrected chi connectivity index (χ4v) is 4.92. The molecule has 132 valence electrons. The number of nitrogens with zero attached hydrogens (tertiary/aromatic N) is 1. The van der Waals surface area contributed by atoms with E-state index in [0.717, 1.165) is 15.8 Å². The van der Waals surface area contributed by atoms with Crippen molar-refractivity contribution in [3.8, 4) is 0 Å². The fraction of sp³-hybridized carbons (Fsp3) is 0.278. The minimum absolute atomic E-state index is 0.0198. The van der Waals surface area contributed by atoms with Gasteiger partial charge in [0.1, 0.15) is 0 Å². The minimum Gasteiger partial charge on any atom is -0.376 e. The van der Waals surface area contributed by atoms with E-state index in [2.05, 4.69) is 21.2 Å². The van der Waals surface area contributed by atoms with Gasteiger partial charge in [-0.15, -0.1) is 0 Å². The molecule has 1 atom stereocenters. The van der Waals surface area contributed by atoms with E-state index < -0.39 is 9.84 Å². The number of hydrogen-bond donors (Lipinski definition) is 1. The summed E-state index contributed by atoms with van der Waals surface area (Å²) in [5, 5.41) is 3.10. The van der Waals surface area contributed by atoms with Crippen molar-refractivity contribution in [2.75, 3.05) is 28.3 Å². The summed E-state index contributed by atoms with van der Waals surface area (Å²) in [7, 11) is -3.07.